The van der Waals surface area contributed by atoms with Crippen LogP contribution in [0.5, 0.6) is 0 Å². The van der Waals surface area contributed by atoms with Gasteiger partial charge in [-0.1, -0.05) is 19.0 Å². The third kappa shape index (κ3) is 2.77. The van der Waals surface area contributed by atoms with Crippen LogP contribution in [0.25, 0.3) is 0 Å². The summed E-state index contributed by atoms with van der Waals surface area (Å²) in [6.07, 6.45) is 3.46. The van der Waals surface area contributed by atoms with Gasteiger partial charge in [0.15, 0.2) is 11.6 Å². The number of hydrogen-bond acceptors (Lipinski definition) is 5. The molecule has 0 saturated carbocycles. The first-order chi connectivity index (χ1) is 10.6. The summed E-state index contributed by atoms with van der Waals surface area (Å²) >= 11 is 0. The Morgan fingerprint density at radius 2 is 2.27 bits per heavy atom. The molecular formula is C16H21N3O3. The van der Waals surface area contributed by atoms with E-state index in [1.54, 1.807) is 6.26 Å². The normalized spacial score (nSPS) is 18.9. The minimum absolute atomic E-state index is 0.0558. The van der Waals surface area contributed by atoms with Gasteiger partial charge in [0, 0.05) is 30.5 Å². The van der Waals surface area contributed by atoms with Gasteiger partial charge in [0.2, 0.25) is 5.89 Å². The van der Waals surface area contributed by atoms with Gasteiger partial charge in [0.05, 0.1) is 6.26 Å². The highest BCUT2D eigenvalue weighted by Gasteiger charge is 2.30. The second-order valence-electron chi connectivity index (χ2n) is 6.17. The molecule has 1 aliphatic rings. The molecule has 1 fully saturated rings. The molecule has 1 atom stereocenters. The highest BCUT2D eigenvalue weighted by molar-refractivity contribution is 5.92. The SMILES string of the molecule is Cc1ccoc1C(=O)N1CCC[C@@H](c2noc(C(C)C)n2)C1. The highest BCUT2D eigenvalue weighted by atomic mass is 16.5. The molecular weight excluding hydrogens is 282 g/mol. The summed E-state index contributed by atoms with van der Waals surface area (Å²) in [7, 11) is 0. The number of amides is 1. The largest absolute Gasteiger partial charge is 0.459 e. The zero-order chi connectivity index (χ0) is 15.7. The molecule has 118 valence electrons. The number of hydrogen-bond donors (Lipinski definition) is 0. The molecule has 22 heavy (non-hydrogen) atoms. The van der Waals surface area contributed by atoms with E-state index >= 15 is 0 Å². The molecule has 6 heteroatoms. The Morgan fingerprint density at radius 1 is 1.45 bits per heavy atom. The van der Waals surface area contributed by atoms with Gasteiger partial charge in [-0.2, -0.15) is 4.98 Å². The Balaban J connectivity index is 1.73. The van der Waals surface area contributed by atoms with Crippen molar-refractivity contribution in [3.63, 3.8) is 0 Å². The Bertz CT molecular complexity index is 659. The van der Waals surface area contributed by atoms with Gasteiger partial charge in [-0.15, -0.1) is 0 Å². The summed E-state index contributed by atoms with van der Waals surface area (Å²) in [6, 6.07) is 1.81. The van der Waals surface area contributed by atoms with Gasteiger partial charge in [-0.3, -0.25) is 4.79 Å². The van der Waals surface area contributed by atoms with E-state index in [4.69, 9.17) is 8.94 Å². The summed E-state index contributed by atoms with van der Waals surface area (Å²) in [5.74, 6) is 2.08. The van der Waals surface area contributed by atoms with Crippen LogP contribution in [0.2, 0.25) is 0 Å². The highest BCUT2D eigenvalue weighted by Crippen LogP contribution is 2.27. The van der Waals surface area contributed by atoms with Crippen LogP contribution < -0.4 is 0 Å². The number of carbonyl (C=O) groups is 1. The number of aryl methyl sites for hydroxylation is 1. The lowest BCUT2D eigenvalue weighted by atomic mass is 9.97. The number of likely N-dealkylation sites (tertiary alicyclic amines) is 1. The van der Waals surface area contributed by atoms with E-state index in [1.165, 1.54) is 0 Å². The van der Waals surface area contributed by atoms with Gasteiger partial charge in [-0.05, 0) is 25.8 Å². The van der Waals surface area contributed by atoms with Crippen molar-refractivity contribution in [2.45, 2.75) is 45.4 Å². The number of aromatic nitrogens is 2. The Labute approximate surface area is 129 Å². The zero-order valence-electron chi connectivity index (χ0n) is 13.2. The molecule has 2 aromatic heterocycles. The predicted molar refractivity (Wildman–Crippen MR) is 79.7 cm³/mol. The Kier molecular flexibility index (Phi) is 4.00. The second-order valence-corrected chi connectivity index (χ2v) is 6.17. The van der Waals surface area contributed by atoms with Gasteiger partial charge < -0.3 is 13.8 Å². The first-order valence-electron chi connectivity index (χ1n) is 7.73. The molecule has 3 heterocycles. The molecule has 0 N–H and O–H groups in total. The van der Waals surface area contributed by atoms with Crippen molar-refractivity contribution in [2.75, 3.05) is 13.1 Å². The van der Waals surface area contributed by atoms with Crippen molar-refractivity contribution in [2.24, 2.45) is 0 Å². The molecule has 0 aliphatic carbocycles. The lowest BCUT2D eigenvalue weighted by Gasteiger charge is -2.30. The van der Waals surface area contributed by atoms with Crippen molar-refractivity contribution >= 4 is 5.91 Å². The number of nitrogens with zero attached hydrogens (tertiary/aromatic N) is 3. The minimum Gasteiger partial charge on any atom is -0.459 e. The fourth-order valence-corrected chi connectivity index (χ4v) is 2.76. The van der Waals surface area contributed by atoms with Crippen LogP contribution in [0.3, 0.4) is 0 Å². The minimum atomic E-state index is -0.0558. The van der Waals surface area contributed by atoms with Crippen LogP contribution in [0.1, 0.15) is 66.4 Å². The van der Waals surface area contributed by atoms with Crippen LogP contribution in [0.15, 0.2) is 21.3 Å². The van der Waals surface area contributed by atoms with Crippen LogP contribution in [-0.4, -0.2) is 34.0 Å². The van der Waals surface area contributed by atoms with Crippen LogP contribution >= 0.6 is 0 Å². The fraction of sp³-hybridized carbons (Fsp3) is 0.562. The standard InChI is InChI=1S/C16H21N3O3/c1-10(2)15-17-14(18-22-15)12-5-4-7-19(9-12)16(20)13-11(3)6-8-21-13/h6,8,10,12H,4-5,7,9H2,1-3H3/t12-/m1/s1. The van der Waals surface area contributed by atoms with Gasteiger partial charge in [0.1, 0.15) is 0 Å². The Morgan fingerprint density at radius 3 is 2.91 bits per heavy atom. The lowest BCUT2D eigenvalue weighted by molar-refractivity contribution is 0.0670. The molecule has 0 bridgehead atoms. The summed E-state index contributed by atoms with van der Waals surface area (Å²) in [4.78, 5) is 18.8. The number of carbonyl (C=O) groups excluding carboxylic acids is 1. The second kappa shape index (κ2) is 5.94. The molecule has 1 aliphatic heterocycles. The van der Waals surface area contributed by atoms with E-state index in [9.17, 15) is 4.79 Å². The monoisotopic (exact) mass is 303 g/mol. The van der Waals surface area contributed by atoms with E-state index in [0.29, 0.717) is 24.0 Å². The molecule has 3 rings (SSSR count). The van der Waals surface area contributed by atoms with E-state index in [-0.39, 0.29) is 17.7 Å². The average molecular weight is 303 g/mol. The fourth-order valence-electron chi connectivity index (χ4n) is 2.76. The summed E-state index contributed by atoms with van der Waals surface area (Å²) in [5, 5.41) is 4.09. The molecule has 2 aromatic rings. The van der Waals surface area contributed by atoms with Gasteiger partial charge >= 0.3 is 0 Å². The van der Waals surface area contributed by atoms with E-state index in [0.717, 1.165) is 24.9 Å². The smallest absolute Gasteiger partial charge is 0.289 e. The van der Waals surface area contributed by atoms with Crippen molar-refractivity contribution < 1.29 is 13.7 Å². The molecule has 0 spiro atoms. The van der Waals surface area contributed by atoms with E-state index < -0.39 is 0 Å². The Hall–Kier alpha value is -2.11. The summed E-state index contributed by atoms with van der Waals surface area (Å²) in [6.45, 7) is 7.27. The quantitative estimate of drug-likeness (QED) is 0.871. The first-order valence-corrected chi connectivity index (χ1v) is 7.73. The third-order valence-electron chi connectivity index (χ3n) is 4.08. The van der Waals surface area contributed by atoms with E-state index in [2.05, 4.69) is 10.1 Å². The van der Waals surface area contributed by atoms with Crippen molar-refractivity contribution in [3.8, 4) is 0 Å². The predicted octanol–water partition coefficient (Wildman–Crippen LogP) is 3.11. The number of furan rings is 1. The maximum Gasteiger partial charge on any atom is 0.289 e. The lowest BCUT2D eigenvalue weighted by Crippen LogP contribution is -2.39. The molecule has 1 saturated heterocycles. The molecule has 1 amide bonds. The van der Waals surface area contributed by atoms with Gasteiger partial charge in [0.25, 0.3) is 5.91 Å². The van der Waals surface area contributed by atoms with E-state index in [1.807, 2.05) is 31.7 Å². The van der Waals surface area contributed by atoms with Crippen molar-refractivity contribution in [1.82, 2.24) is 15.0 Å². The molecule has 0 unspecified atom stereocenters. The number of rotatable bonds is 3. The zero-order valence-corrected chi connectivity index (χ0v) is 13.2. The summed E-state index contributed by atoms with van der Waals surface area (Å²) < 4.78 is 10.6. The van der Waals surface area contributed by atoms with Gasteiger partial charge in [-0.25, -0.2) is 0 Å². The van der Waals surface area contributed by atoms with Crippen LogP contribution in [0.4, 0.5) is 0 Å². The maximum absolute atomic E-state index is 12.5. The van der Waals surface area contributed by atoms with Crippen molar-refractivity contribution in [3.05, 3.63) is 35.4 Å². The van der Waals surface area contributed by atoms with Crippen molar-refractivity contribution in [1.29, 1.82) is 0 Å². The van der Waals surface area contributed by atoms with Crippen LogP contribution in [0, 0.1) is 6.92 Å². The van der Waals surface area contributed by atoms with Crippen LogP contribution in [-0.2, 0) is 0 Å². The molecule has 6 nitrogen and oxygen atoms in total. The first kappa shape index (κ1) is 14.8. The average Bonchev–Trinajstić information content (AvgIpc) is 3.15. The molecule has 0 radical (unpaired) electrons. The summed E-state index contributed by atoms with van der Waals surface area (Å²) in [5.41, 5.74) is 0.869. The topological polar surface area (TPSA) is 72.4 Å². The third-order valence-corrected chi connectivity index (χ3v) is 4.08. The number of piperidine rings is 1. The molecule has 0 aromatic carbocycles. The maximum atomic E-state index is 12.5.